The summed E-state index contributed by atoms with van der Waals surface area (Å²) in [6, 6.07) is 5.53. The molecule has 0 amide bonds. The fraction of sp³-hybridized carbons (Fsp3) is 0.0909. The Kier molecular flexibility index (Phi) is 4.90. The van der Waals surface area contributed by atoms with Gasteiger partial charge in [-0.3, -0.25) is 0 Å². The maximum absolute atomic E-state index is 8.50. The second kappa shape index (κ2) is 5.73. The third-order valence-electron chi connectivity index (χ3n) is 1.37. The molecule has 0 fully saturated rings. The number of hydrogen-bond acceptors (Lipinski definition) is 2. The number of nitrogens with zero attached hydrogens (tertiary/aromatic N) is 2. The molecular weight excluding hydrogens is 160 g/mol. The first-order chi connectivity index (χ1) is 6.24. The standard InChI is InChI=1S/C9H8N2.C2H4/c1-7(2)8-3-4-11-9(5-8)6-10;1-2/h3-5H,1H2,2H3;1-2H2. The number of rotatable bonds is 1. The second-order valence-corrected chi connectivity index (χ2v) is 2.32. The Labute approximate surface area is 78.9 Å². The summed E-state index contributed by atoms with van der Waals surface area (Å²) in [5.41, 5.74) is 2.35. The van der Waals surface area contributed by atoms with Crippen LogP contribution in [0.1, 0.15) is 18.2 Å². The van der Waals surface area contributed by atoms with Crippen molar-refractivity contribution < 1.29 is 0 Å². The van der Waals surface area contributed by atoms with Crippen LogP contribution in [0, 0.1) is 11.3 Å². The van der Waals surface area contributed by atoms with Crippen molar-refractivity contribution in [2.45, 2.75) is 6.92 Å². The summed E-state index contributed by atoms with van der Waals surface area (Å²) in [6.45, 7) is 11.7. The van der Waals surface area contributed by atoms with Crippen LogP contribution >= 0.6 is 0 Å². The van der Waals surface area contributed by atoms with Crippen molar-refractivity contribution in [2.24, 2.45) is 0 Å². The molecule has 0 aliphatic carbocycles. The Hall–Kier alpha value is -1.88. The van der Waals surface area contributed by atoms with E-state index in [0.717, 1.165) is 11.1 Å². The lowest BCUT2D eigenvalue weighted by Crippen LogP contribution is -1.84. The predicted molar refractivity (Wildman–Crippen MR) is 54.9 cm³/mol. The molecule has 0 aliphatic heterocycles. The first-order valence-corrected chi connectivity index (χ1v) is 3.76. The van der Waals surface area contributed by atoms with Crippen molar-refractivity contribution in [1.82, 2.24) is 4.98 Å². The van der Waals surface area contributed by atoms with Gasteiger partial charge in [0.1, 0.15) is 11.8 Å². The highest BCUT2D eigenvalue weighted by Gasteiger charge is 1.94. The third-order valence-corrected chi connectivity index (χ3v) is 1.37. The lowest BCUT2D eigenvalue weighted by molar-refractivity contribution is 1.25. The van der Waals surface area contributed by atoms with Crippen LogP contribution in [0.25, 0.3) is 5.57 Å². The summed E-state index contributed by atoms with van der Waals surface area (Å²) >= 11 is 0. The molecule has 0 saturated heterocycles. The minimum Gasteiger partial charge on any atom is -0.246 e. The molecule has 1 heterocycles. The minimum absolute atomic E-state index is 0.436. The summed E-state index contributed by atoms with van der Waals surface area (Å²) < 4.78 is 0. The van der Waals surface area contributed by atoms with E-state index in [1.807, 2.05) is 19.1 Å². The van der Waals surface area contributed by atoms with Gasteiger partial charge in [0.05, 0.1) is 0 Å². The molecule has 0 unspecified atom stereocenters. The zero-order valence-electron chi connectivity index (χ0n) is 7.75. The van der Waals surface area contributed by atoms with Crippen molar-refractivity contribution in [3.63, 3.8) is 0 Å². The van der Waals surface area contributed by atoms with Crippen LogP contribution in [-0.2, 0) is 0 Å². The number of nitriles is 1. The molecule has 0 aliphatic rings. The Morgan fingerprint density at radius 2 is 2.15 bits per heavy atom. The van der Waals surface area contributed by atoms with Crippen molar-refractivity contribution >= 4 is 5.57 Å². The summed E-state index contributed by atoms with van der Waals surface area (Å²) in [7, 11) is 0. The van der Waals surface area contributed by atoms with E-state index in [9.17, 15) is 0 Å². The molecule has 0 bridgehead atoms. The van der Waals surface area contributed by atoms with Gasteiger partial charge in [0.25, 0.3) is 0 Å². The van der Waals surface area contributed by atoms with Crippen LogP contribution in [0.2, 0.25) is 0 Å². The summed E-state index contributed by atoms with van der Waals surface area (Å²) in [5, 5.41) is 8.50. The minimum atomic E-state index is 0.436. The van der Waals surface area contributed by atoms with Crippen molar-refractivity contribution in [3.8, 4) is 6.07 Å². The van der Waals surface area contributed by atoms with E-state index >= 15 is 0 Å². The van der Waals surface area contributed by atoms with Gasteiger partial charge in [0.15, 0.2) is 0 Å². The Morgan fingerprint density at radius 3 is 2.62 bits per heavy atom. The van der Waals surface area contributed by atoms with E-state index in [-0.39, 0.29) is 0 Å². The normalized spacial score (nSPS) is 7.69. The van der Waals surface area contributed by atoms with Crippen LogP contribution in [0.15, 0.2) is 38.1 Å². The lowest BCUT2D eigenvalue weighted by Gasteiger charge is -1.96. The zero-order valence-corrected chi connectivity index (χ0v) is 7.75. The molecule has 0 atom stereocenters. The first kappa shape index (κ1) is 11.1. The van der Waals surface area contributed by atoms with Gasteiger partial charge in [-0.1, -0.05) is 12.2 Å². The third kappa shape index (κ3) is 3.35. The molecular formula is C11H12N2. The van der Waals surface area contributed by atoms with Gasteiger partial charge in [-0.05, 0) is 24.6 Å². The van der Waals surface area contributed by atoms with Gasteiger partial charge in [-0.25, -0.2) is 4.98 Å². The van der Waals surface area contributed by atoms with E-state index in [4.69, 9.17) is 5.26 Å². The van der Waals surface area contributed by atoms with Gasteiger partial charge < -0.3 is 0 Å². The van der Waals surface area contributed by atoms with E-state index < -0.39 is 0 Å². The van der Waals surface area contributed by atoms with E-state index in [1.54, 1.807) is 12.3 Å². The molecule has 2 nitrogen and oxygen atoms in total. The molecule has 0 aromatic carbocycles. The number of hydrogen-bond donors (Lipinski definition) is 0. The Morgan fingerprint density at radius 1 is 1.54 bits per heavy atom. The molecule has 1 aromatic heterocycles. The maximum Gasteiger partial charge on any atom is 0.141 e. The van der Waals surface area contributed by atoms with Gasteiger partial charge in [-0.15, -0.1) is 13.2 Å². The predicted octanol–water partition coefficient (Wildman–Crippen LogP) is 2.79. The first-order valence-electron chi connectivity index (χ1n) is 3.76. The highest BCUT2D eigenvalue weighted by atomic mass is 14.7. The van der Waals surface area contributed by atoms with Crippen LogP contribution in [-0.4, -0.2) is 4.98 Å². The van der Waals surface area contributed by atoms with Crippen molar-refractivity contribution in [3.05, 3.63) is 49.3 Å². The SMILES string of the molecule is C=C.C=C(C)c1ccnc(C#N)c1. The van der Waals surface area contributed by atoms with Crippen molar-refractivity contribution in [2.75, 3.05) is 0 Å². The average molecular weight is 172 g/mol. The van der Waals surface area contributed by atoms with E-state index in [2.05, 4.69) is 24.7 Å². The molecule has 2 heteroatoms. The Bertz CT molecular complexity index is 334. The molecule has 1 aromatic rings. The van der Waals surface area contributed by atoms with Crippen LogP contribution in [0.4, 0.5) is 0 Å². The second-order valence-electron chi connectivity index (χ2n) is 2.32. The van der Waals surface area contributed by atoms with Gasteiger partial charge in [-0.2, -0.15) is 5.26 Å². The average Bonchev–Trinajstić information content (AvgIpc) is 2.21. The molecule has 0 radical (unpaired) electrons. The summed E-state index contributed by atoms with van der Waals surface area (Å²) in [4.78, 5) is 3.84. The van der Waals surface area contributed by atoms with Gasteiger partial charge in [0, 0.05) is 6.20 Å². The van der Waals surface area contributed by atoms with Crippen molar-refractivity contribution in [1.29, 1.82) is 5.26 Å². The Balaban J connectivity index is 0.000000671. The monoisotopic (exact) mass is 172 g/mol. The largest absolute Gasteiger partial charge is 0.246 e. The number of aromatic nitrogens is 1. The van der Waals surface area contributed by atoms with Crippen LogP contribution in [0.5, 0.6) is 0 Å². The molecule has 0 N–H and O–H groups in total. The van der Waals surface area contributed by atoms with Gasteiger partial charge >= 0.3 is 0 Å². The summed E-state index contributed by atoms with van der Waals surface area (Å²) in [6.07, 6.45) is 1.61. The summed E-state index contributed by atoms with van der Waals surface area (Å²) in [5.74, 6) is 0. The molecule has 66 valence electrons. The fourth-order valence-corrected chi connectivity index (χ4v) is 0.757. The molecule has 0 saturated carbocycles. The van der Waals surface area contributed by atoms with Gasteiger partial charge in [0.2, 0.25) is 0 Å². The van der Waals surface area contributed by atoms with E-state index in [0.29, 0.717) is 5.69 Å². The van der Waals surface area contributed by atoms with Crippen LogP contribution in [0.3, 0.4) is 0 Å². The molecule has 0 spiro atoms. The molecule has 13 heavy (non-hydrogen) atoms. The highest BCUT2D eigenvalue weighted by Crippen LogP contribution is 2.10. The smallest absolute Gasteiger partial charge is 0.141 e. The highest BCUT2D eigenvalue weighted by molar-refractivity contribution is 5.61. The zero-order chi connectivity index (χ0) is 10.3. The quantitative estimate of drug-likeness (QED) is 0.611. The van der Waals surface area contributed by atoms with Crippen LogP contribution < -0.4 is 0 Å². The molecule has 1 rings (SSSR count). The number of allylic oxidation sites excluding steroid dienone is 1. The fourth-order valence-electron chi connectivity index (χ4n) is 0.757. The van der Waals surface area contributed by atoms with E-state index in [1.165, 1.54) is 0 Å². The topological polar surface area (TPSA) is 36.7 Å². The maximum atomic E-state index is 8.50. The number of pyridine rings is 1. The lowest BCUT2D eigenvalue weighted by atomic mass is 10.1.